The summed E-state index contributed by atoms with van der Waals surface area (Å²) in [6, 6.07) is 12.5. The van der Waals surface area contributed by atoms with Crippen LogP contribution < -0.4 is 11.1 Å². The zero-order valence-corrected chi connectivity index (χ0v) is 16.5. The molecular weight excluding hydrogens is 406 g/mol. The van der Waals surface area contributed by atoms with E-state index in [4.69, 9.17) is 5.73 Å². The van der Waals surface area contributed by atoms with Crippen LogP contribution in [0, 0.1) is 17.0 Å². The number of imidazole rings is 1. The van der Waals surface area contributed by atoms with Crippen LogP contribution in [0.1, 0.15) is 25.7 Å². The fourth-order valence-electron chi connectivity index (χ4n) is 2.98. The fourth-order valence-corrected chi connectivity index (χ4v) is 3.99. The summed E-state index contributed by atoms with van der Waals surface area (Å²) in [7, 11) is 0. The van der Waals surface area contributed by atoms with E-state index in [0.717, 1.165) is 0 Å². The van der Waals surface area contributed by atoms with Crippen molar-refractivity contribution in [1.29, 1.82) is 0 Å². The number of nitrogens with one attached hydrogen (secondary N) is 1. The third-order valence-electron chi connectivity index (χ3n) is 4.54. The van der Waals surface area contributed by atoms with Crippen molar-refractivity contribution in [3.63, 3.8) is 0 Å². The van der Waals surface area contributed by atoms with Gasteiger partial charge in [-0.3, -0.25) is 24.1 Å². The highest BCUT2D eigenvalue weighted by atomic mass is 32.1. The minimum absolute atomic E-state index is 0.0111. The normalized spacial score (nSPS) is 10.8. The molecule has 4 aromatic rings. The largest absolute Gasteiger partial charge is 0.366 e. The molecule has 0 aliphatic heterocycles. The number of rotatable bonds is 5. The lowest BCUT2D eigenvalue weighted by atomic mass is 10.1. The Labute approximate surface area is 173 Å². The van der Waals surface area contributed by atoms with Gasteiger partial charge < -0.3 is 11.1 Å². The quantitative estimate of drug-likeness (QED) is 0.375. The molecule has 2 heterocycles. The molecule has 10 heteroatoms. The number of non-ortho nitro benzene ring substituents is 1. The number of anilines is 1. The van der Waals surface area contributed by atoms with Crippen LogP contribution in [0.4, 0.5) is 11.4 Å². The van der Waals surface area contributed by atoms with Crippen LogP contribution in [-0.2, 0) is 0 Å². The summed E-state index contributed by atoms with van der Waals surface area (Å²) < 4.78 is 1.78. The number of amides is 2. The van der Waals surface area contributed by atoms with Crippen LogP contribution in [0.25, 0.3) is 16.2 Å². The monoisotopic (exact) mass is 421 g/mol. The Morgan fingerprint density at radius 3 is 2.57 bits per heavy atom. The molecule has 0 fully saturated rings. The maximum atomic E-state index is 12.7. The van der Waals surface area contributed by atoms with Crippen molar-refractivity contribution in [2.45, 2.75) is 6.92 Å². The van der Waals surface area contributed by atoms with Gasteiger partial charge in [-0.2, -0.15) is 0 Å². The predicted octanol–water partition coefficient (Wildman–Crippen LogP) is 3.63. The Morgan fingerprint density at radius 2 is 1.93 bits per heavy atom. The molecule has 0 atom stereocenters. The summed E-state index contributed by atoms with van der Waals surface area (Å²) in [5.74, 6) is -0.838. The lowest BCUT2D eigenvalue weighted by molar-refractivity contribution is -0.384. The second-order valence-electron chi connectivity index (χ2n) is 6.50. The van der Waals surface area contributed by atoms with E-state index >= 15 is 0 Å². The lowest BCUT2D eigenvalue weighted by Crippen LogP contribution is -2.13. The first-order valence-corrected chi connectivity index (χ1v) is 9.59. The number of nitro benzene ring substituents is 1. The maximum absolute atomic E-state index is 12.7. The lowest BCUT2D eigenvalue weighted by Gasteiger charge is -2.05. The highest BCUT2D eigenvalue weighted by molar-refractivity contribution is 7.19. The van der Waals surface area contributed by atoms with E-state index in [1.165, 1.54) is 35.6 Å². The van der Waals surface area contributed by atoms with Gasteiger partial charge in [0.25, 0.3) is 11.6 Å². The molecule has 2 aromatic heterocycles. The van der Waals surface area contributed by atoms with Gasteiger partial charge in [-0.1, -0.05) is 23.5 Å². The van der Waals surface area contributed by atoms with Crippen LogP contribution in [0.5, 0.6) is 0 Å². The fraction of sp³-hybridized carbons (Fsp3) is 0.0500. The van der Waals surface area contributed by atoms with Crippen molar-refractivity contribution in [2.75, 3.05) is 5.32 Å². The van der Waals surface area contributed by atoms with Gasteiger partial charge in [0.05, 0.1) is 10.6 Å². The molecule has 0 aliphatic rings. The average Bonchev–Trinajstić information content (AvgIpc) is 3.28. The van der Waals surface area contributed by atoms with E-state index < -0.39 is 10.8 Å². The van der Waals surface area contributed by atoms with Crippen molar-refractivity contribution in [2.24, 2.45) is 5.73 Å². The Bertz CT molecular complexity index is 1310. The predicted molar refractivity (Wildman–Crippen MR) is 113 cm³/mol. The van der Waals surface area contributed by atoms with E-state index in [2.05, 4.69) is 10.3 Å². The van der Waals surface area contributed by atoms with Crippen LogP contribution in [-0.4, -0.2) is 26.1 Å². The van der Waals surface area contributed by atoms with E-state index in [-0.39, 0.29) is 11.6 Å². The molecule has 0 unspecified atom stereocenters. The molecule has 9 nitrogen and oxygen atoms in total. The maximum Gasteiger partial charge on any atom is 0.270 e. The molecule has 4 rings (SSSR count). The number of carbonyl (C=O) groups is 2. The highest BCUT2D eigenvalue weighted by Gasteiger charge is 2.19. The number of hydrogen-bond donors (Lipinski definition) is 2. The molecule has 150 valence electrons. The molecule has 3 N–H and O–H groups in total. The number of aryl methyl sites for hydroxylation is 1. The third-order valence-corrected chi connectivity index (χ3v) is 5.70. The van der Waals surface area contributed by atoms with Crippen LogP contribution in [0.15, 0.2) is 54.7 Å². The standard InChI is InChI=1S/C20H15N5O4S/c1-11-17(19(27)22-14-7-5-12(6-8-14)18(21)26)30-20-23-16(10-24(11)20)13-3-2-4-15(9-13)25(28)29/h2-10H,1H3,(H2,21,26)(H,22,27). The second-order valence-corrected chi connectivity index (χ2v) is 7.48. The van der Waals surface area contributed by atoms with Crippen molar-refractivity contribution in [1.82, 2.24) is 9.38 Å². The number of nitro groups is 1. The third kappa shape index (κ3) is 3.51. The van der Waals surface area contributed by atoms with Crippen LogP contribution >= 0.6 is 11.3 Å². The van der Waals surface area contributed by atoms with Gasteiger partial charge in [0, 0.05) is 40.8 Å². The van der Waals surface area contributed by atoms with Crippen molar-refractivity contribution in [3.8, 4) is 11.3 Å². The van der Waals surface area contributed by atoms with Crippen molar-refractivity contribution >= 4 is 39.5 Å². The summed E-state index contributed by atoms with van der Waals surface area (Å²) in [5, 5.41) is 13.8. The van der Waals surface area contributed by atoms with Crippen LogP contribution in [0.2, 0.25) is 0 Å². The van der Waals surface area contributed by atoms with Crippen molar-refractivity contribution < 1.29 is 14.5 Å². The molecule has 0 saturated heterocycles. The topological polar surface area (TPSA) is 133 Å². The SMILES string of the molecule is Cc1c(C(=O)Nc2ccc(C(N)=O)cc2)sc2nc(-c3cccc([N+](=O)[O-])c3)cn12. The Hall–Kier alpha value is -4.05. The Kier molecular flexibility index (Phi) is 4.76. The number of aromatic nitrogens is 2. The molecular formula is C20H15N5O4S. The molecule has 2 aromatic carbocycles. The number of thiazole rings is 1. The number of primary amides is 1. The zero-order chi connectivity index (χ0) is 21.4. The van der Waals surface area contributed by atoms with E-state index in [1.54, 1.807) is 41.8 Å². The average molecular weight is 421 g/mol. The minimum Gasteiger partial charge on any atom is -0.366 e. The molecule has 0 spiro atoms. The van der Waals surface area contributed by atoms with E-state index in [0.29, 0.717) is 38.0 Å². The number of benzene rings is 2. The molecule has 0 radical (unpaired) electrons. The van der Waals surface area contributed by atoms with Gasteiger partial charge in [-0.05, 0) is 31.2 Å². The number of nitrogens with zero attached hydrogens (tertiary/aromatic N) is 3. The minimum atomic E-state index is -0.539. The first-order valence-electron chi connectivity index (χ1n) is 8.78. The summed E-state index contributed by atoms with van der Waals surface area (Å²) in [6.07, 6.45) is 1.75. The van der Waals surface area contributed by atoms with Gasteiger partial charge in [0.1, 0.15) is 4.88 Å². The van der Waals surface area contributed by atoms with Gasteiger partial charge in [0.2, 0.25) is 5.91 Å². The van der Waals surface area contributed by atoms with E-state index in [1.807, 2.05) is 0 Å². The zero-order valence-electron chi connectivity index (χ0n) is 15.7. The number of carbonyl (C=O) groups excluding carboxylic acids is 2. The molecule has 30 heavy (non-hydrogen) atoms. The smallest absolute Gasteiger partial charge is 0.270 e. The number of fused-ring (bicyclic) bond motifs is 1. The molecule has 0 aliphatic carbocycles. The Balaban J connectivity index is 1.60. The van der Waals surface area contributed by atoms with Gasteiger partial charge in [-0.15, -0.1) is 0 Å². The van der Waals surface area contributed by atoms with Gasteiger partial charge >= 0.3 is 0 Å². The highest BCUT2D eigenvalue weighted by Crippen LogP contribution is 2.29. The number of nitrogens with two attached hydrogens (primary N) is 1. The van der Waals surface area contributed by atoms with Gasteiger partial charge in [-0.25, -0.2) is 4.98 Å². The summed E-state index contributed by atoms with van der Waals surface area (Å²) in [5.41, 5.74) is 8.00. The molecule has 2 amide bonds. The summed E-state index contributed by atoms with van der Waals surface area (Å²) >= 11 is 1.22. The first kappa shape index (κ1) is 19.3. The molecule has 0 bridgehead atoms. The van der Waals surface area contributed by atoms with Crippen molar-refractivity contribution in [3.05, 3.63) is 81.0 Å². The first-order chi connectivity index (χ1) is 14.3. The summed E-state index contributed by atoms with van der Waals surface area (Å²) in [6.45, 7) is 1.80. The van der Waals surface area contributed by atoms with Crippen LogP contribution in [0.3, 0.4) is 0 Å². The number of hydrogen-bond acceptors (Lipinski definition) is 6. The van der Waals surface area contributed by atoms with Gasteiger partial charge in [0.15, 0.2) is 4.96 Å². The summed E-state index contributed by atoms with van der Waals surface area (Å²) in [4.78, 5) is 40.0. The molecule has 0 saturated carbocycles. The second kappa shape index (κ2) is 7.41. The Morgan fingerprint density at radius 1 is 1.20 bits per heavy atom. The van der Waals surface area contributed by atoms with E-state index in [9.17, 15) is 19.7 Å².